The zero-order chi connectivity index (χ0) is 12.7. The third kappa shape index (κ3) is 1.76. The summed E-state index contributed by atoms with van der Waals surface area (Å²) in [6.07, 6.45) is 2.46. The molecule has 2 aromatic rings. The topological polar surface area (TPSA) is 17.0 Å². The van der Waals surface area contributed by atoms with E-state index in [4.69, 9.17) is 0 Å². The molecule has 2 heteroatoms. The molecule has 0 fully saturated rings. The molecular formula is C16H22N2. The maximum atomic E-state index is 3.52. The second-order valence-corrected chi connectivity index (χ2v) is 5.70. The average molecular weight is 242 g/mol. The van der Waals surface area contributed by atoms with Crippen LogP contribution in [0.15, 0.2) is 18.2 Å². The summed E-state index contributed by atoms with van der Waals surface area (Å²) in [4.78, 5) is 0. The van der Waals surface area contributed by atoms with Gasteiger partial charge < -0.3 is 9.88 Å². The van der Waals surface area contributed by atoms with Crippen LogP contribution < -0.4 is 5.32 Å². The van der Waals surface area contributed by atoms with E-state index in [9.17, 15) is 0 Å². The highest BCUT2D eigenvalue weighted by Gasteiger charge is 2.17. The molecule has 0 saturated heterocycles. The van der Waals surface area contributed by atoms with Gasteiger partial charge in [-0.25, -0.2) is 0 Å². The first-order chi connectivity index (χ1) is 8.68. The predicted octanol–water partition coefficient (Wildman–Crippen LogP) is 3.34. The van der Waals surface area contributed by atoms with E-state index in [1.54, 1.807) is 5.56 Å². The lowest BCUT2D eigenvalue weighted by Crippen LogP contribution is -2.14. The van der Waals surface area contributed by atoms with Gasteiger partial charge in [0, 0.05) is 30.2 Å². The van der Waals surface area contributed by atoms with Gasteiger partial charge in [-0.05, 0) is 48.6 Å². The summed E-state index contributed by atoms with van der Waals surface area (Å²) in [6.45, 7) is 6.69. The summed E-state index contributed by atoms with van der Waals surface area (Å²) >= 11 is 0. The van der Waals surface area contributed by atoms with Gasteiger partial charge in [0.1, 0.15) is 0 Å². The molecule has 0 spiro atoms. The van der Waals surface area contributed by atoms with Crippen LogP contribution in [0.25, 0.3) is 10.9 Å². The lowest BCUT2D eigenvalue weighted by atomic mass is 9.99. The van der Waals surface area contributed by atoms with Gasteiger partial charge in [0.25, 0.3) is 0 Å². The third-order valence-corrected chi connectivity index (χ3v) is 4.20. The Morgan fingerprint density at radius 3 is 2.89 bits per heavy atom. The number of benzene rings is 1. The van der Waals surface area contributed by atoms with Gasteiger partial charge in [-0.1, -0.05) is 19.9 Å². The Hall–Kier alpha value is -1.28. The van der Waals surface area contributed by atoms with Gasteiger partial charge >= 0.3 is 0 Å². The Labute approximate surface area is 109 Å². The summed E-state index contributed by atoms with van der Waals surface area (Å²) in [5.74, 6) is 0.606. The molecule has 0 unspecified atom stereocenters. The van der Waals surface area contributed by atoms with E-state index in [0.29, 0.717) is 5.92 Å². The van der Waals surface area contributed by atoms with Crippen molar-refractivity contribution in [2.24, 2.45) is 7.05 Å². The molecule has 0 saturated carbocycles. The first kappa shape index (κ1) is 11.8. The Morgan fingerprint density at radius 1 is 1.28 bits per heavy atom. The molecule has 0 amide bonds. The van der Waals surface area contributed by atoms with Crippen LogP contribution in [-0.4, -0.2) is 11.1 Å². The van der Waals surface area contributed by atoms with Gasteiger partial charge in [0.15, 0.2) is 0 Å². The summed E-state index contributed by atoms with van der Waals surface area (Å²) in [5.41, 5.74) is 5.88. The van der Waals surface area contributed by atoms with Crippen molar-refractivity contribution >= 4 is 10.9 Å². The number of hydrogen-bond donors (Lipinski definition) is 1. The quantitative estimate of drug-likeness (QED) is 0.811. The van der Waals surface area contributed by atoms with Crippen molar-refractivity contribution in [3.05, 3.63) is 35.0 Å². The van der Waals surface area contributed by atoms with Crippen LogP contribution >= 0.6 is 0 Å². The highest BCUT2D eigenvalue weighted by atomic mass is 15.0. The smallest absolute Gasteiger partial charge is 0.0483 e. The van der Waals surface area contributed by atoms with E-state index >= 15 is 0 Å². The number of rotatable bonds is 1. The van der Waals surface area contributed by atoms with Crippen LogP contribution in [0.2, 0.25) is 0 Å². The molecule has 3 rings (SSSR count). The second-order valence-electron chi connectivity index (χ2n) is 5.70. The molecule has 0 atom stereocenters. The standard InChI is InChI=1S/C16H22N2/c1-11(2)12-6-7-15-14(9-12)13-5-4-8-17-10-16(13)18(15)3/h6-7,9,11,17H,4-5,8,10H2,1-3H3. The highest BCUT2D eigenvalue weighted by Crippen LogP contribution is 2.30. The largest absolute Gasteiger partial charge is 0.346 e. The van der Waals surface area contributed by atoms with Crippen LogP contribution in [0, 0.1) is 0 Å². The van der Waals surface area contributed by atoms with Crippen molar-refractivity contribution < 1.29 is 0 Å². The van der Waals surface area contributed by atoms with Crippen molar-refractivity contribution in [3.8, 4) is 0 Å². The Bertz CT molecular complexity index is 578. The molecule has 18 heavy (non-hydrogen) atoms. The molecular weight excluding hydrogens is 220 g/mol. The highest BCUT2D eigenvalue weighted by molar-refractivity contribution is 5.86. The van der Waals surface area contributed by atoms with Gasteiger partial charge in [-0.15, -0.1) is 0 Å². The van der Waals surface area contributed by atoms with Gasteiger partial charge in [-0.2, -0.15) is 0 Å². The fraction of sp³-hybridized carbons (Fsp3) is 0.500. The molecule has 1 N–H and O–H groups in total. The maximum absolute atomic E-state index is 3.52. The Balaban J connectivity index is 2.24. The number of hydrogen-bond acceptors (Lipinski definition) is 1. The predicted molar refractivity (Wildman–Crippen MR) is 77.0 cm³/mol. The lowest BCUT2D eigenvalue weighted by molar-refractivity contribution is 0.661. The van der Waals surface area contributed by atoms with Crippen molar-refractivity contribution in [1.29, 1.82) is 0 Å². The van der Waals surface area contributed by atoms with Crippen molar-refractivity contribution in [3.63, 3.8) is 0 Å². The minimum Gasteiger partial charge on any atom is -0.346 e. The molecule has 2 nitrogen and oxygen atoms in total. The molecule has 1 aliphatic heterocycles. The van der Waals surface area contributed by atoms with Crippen LogP contribution in [0.4, 0.5) is 0 Å². The van der Waals surface area contributed by atoms with E-state index in [0.717, 1.165) is 13.1 Å². The average Bonchev–Trinajstić information content (AvgIpc) is 2.57. The van der Waals surface area contributed by atoms with E-state index in [2.05, 4.69) is 49.0 Å². The minimum atomic E-state index is 0.606. The molecule has 0 radical (unpaired) electrons. The molecule has 0 aliphatic carbocycles. The molecule has 0 bridgehead atoms. The number of nitrogens with one attached hydrogen (secondary N) is 1. The van der Waals surface area contributed by atoms with Gasteiger partial charge in [0.05, 0.1) is 0 Å². The van der Waals surface area contributed by atoms with Crippen molar-refractivity contribution in [1.82, 2.24) is 9.88 Å². The normalized spacial score (nSPS) is 16.0. The summed E-state index contributed by atoms with van der Waals surface area (Å²) in [6, 6.07) is 6.98. The lowest BCUT2D eigenvalue weighted by Gasteiger charge is -2.06. The molecule has 1 aromatic carbocycles. The van der Waals surface area contributed by atoms with E-state index in [1.165, 1.54) is 35.0 Å². The number of aryl methyl sites for hydroxylation is 2. The number of aromatic nitrogens is 1. The van der Waals surface area contributed by atoms with Crippen molar-refractivity contribution in [2.45, 2.75) is 39.2 Å². The Morgan fingerprint density at radius 2 is 2.11 bits per heavy atom. The van der Waals surface area contributed by atoms with E-state index < -0.39 is 0 Å². The minimum absolute atomic E-state index is 0.606. The zero-order valence-electron chi connectivity index (χ0n) is 11.6. The van der Waals surface area contributed by atoms with Crippen LogP contribution in [0.1, 0.15) is 43.0 Å². The van der Waals surface area contributed by atoms with Crippen LogP contribution in [0.3, 0.4) is 0 Å². The molecule has 1 aromatic heterocycles. The first-order valence-corrected chi connectivity index (χ1v) is 6.99. The summed E-state index contributed by atoms with van der Waals surface area (Å²) in [7, 11) is 2.20. The van der Waals surface area contributed by atoms with Crippen LogP contribution in [-0.2, 0) is 20.0 Å². The fourth-order valence-corrected chi connectivity index (χ4v) is 3.05. The Kier molecular flexibility index (Phi) is 2.90. The molecule has 2 heterocycles. The number of nitrogens with zero attached hydrogens (tertiary/aromatic N) is 1. The van der Waals surface area contributed by atoms with Crippen molar-refractivity contribution in [2.75, 3.05) is 6.54 Å². The molecule has 96 valence electrons. The van der Waals surface area contributed by atoms with E-state index in [-0.39, 0.29) is 0 Å². The zero-order valence-corrected chi connectivity index (χ0v) is 11.6. The number of fused-ring (bicyclic) bond motifs is 3. The maximum Gasteiger partial charge on any atom is 0.0483 e. The van der Waals surface area contributed by atoms with Gasteiger partial charge in [-0.3, -0.25) is 0 Å². The second kappa shape index (κ2) is 4.43. The summed E-state index contributed by atoms with van der Waals surface area (Å²) in [5, 5.41) is 5.00. The monoisotopic (exact) mass is 242 g/mol. The summed E-state index contributed by atoms with van der Waals surface area (Å²) < 4.78 is 2.37. The van der Waals surface area contributed by atoms with E-state index in [1.807, 2.05) is 0 Å². The third-order valence-electron chi connectivity index (χ3n) is 4.20. The fourth-order valence-electron chi connectivity index (χ4n) is 3.05. The van der Waals surface area contributed by atoms with Gasteiger partial charge in [0.2, 0.25) is 0 Å². The SMILES string of the molecule is CC(C)c1ccc2c(c1)c1c(n2C)CNCCC1. The van der Waals surface area contributed by atoms with Crippen LogP contribution in [0.5, 0.6) is 0 Å². The molecule has 1 aliphatic rings. The first-order valence-electron chi connectivity index (χ1n) is 6.99.